The van der Waals surface area contributed by atoms with Crippen molar-refractivity contribution in [2.45, 2.75) is 5.16 Å². The number of anilines is 2. The van der Waals surface area contributed by atoms with Crippen molar-refractivity contribution >= 4 is 29.2 Å². The molecule has 134 valence electrons. The molecule has 0 saturated heterocycles. The van der Waals surface area contributed by atoms with E-state index < -0.39 is 0 Å². The Kier molecular flexibility index (Phi) is 5.87. The number of para-hydroxylation sites is 1. The Labute approximate surface area is 160 Å². The van der Waals surface area contributed by atoms with Crippen LogP contribution in [0.5, 0.6) is 11.5 Å². The van der Waals surface area contributed by atoms with Gasteiger partial charge in [-0.3, -0.25) is 4.79 Å². The number of nitrogens with zero attached hydrogens (tertiary/aromatic N) is 3. The van der Waals surface area contributed by atoms with Gasteiger partial charge < -0.3 is 15.8 Å². The number of carbonyl (C=O) groups excluding carboxylic acids is 1. The number of aromatic nitrogens is 2. The Hall–Kier alpha value is -3.57. The van der Waals surface area contributed by atoms with Crippen molar-refractivity contribution in [2.75, 3.05) is 16.8 Å². The van der Waals surface area contributed by atoms with E-state index in [1.807, 2.05) is 36.4 Å². The summed E-state index contributed by atoms with van der Waals surface area (Å²) in [5.41, 5.74) is 6.50. The predicted octanol–water partition coefficient (Wildman–Crippen LogP) is 3.45. The quantitative estimate of drug-likeness (QED) is 0.499. The maximum atomic E-state index is 12.1. The van der Waals surface area contributed by atoms with Gasteiger partial charge in [0.05, 0.1) is 11.9 Å². The Bertz CT molecular complexity index is 972. The Morgan fingerprint density at radius 3 is 2.52 bits per heavy atom. The van der Waals surface area contributed by atoms with E-state index in [0.717, 1.165) is 17.5 Å². The summed E-state index contributed by atoms with van der Waals surface area (Å²) in [5, 5.41) is 11.9. The minimum Gasteiger partial charge on any atom is -0.457 e. The number of thioether (sulfide) groups is 1. The third kappa shape index (κ3) is 5.20. The molecule has 0 aliphatic carbocycles. The van der Waals surface area contributed by atoms with Crippen LogP contribution in [-0.2, 0) is 4.79 Å². The number of hydrogen-bond donors (Lipinski definition) is 2. The van der Waals surface area contributed by atoms with Crippen LogP contribution in [0, 0.1) is 11.3 Å². The lowest BCUT2D eigenvalue weighted by Crippen LogP contribution is -2.14. The first kappa shape index (κ1) is 18.2. The summed E-state index contributed by atoms with van der Waals surface area (Å²) in [5.74, 6) is 1.43. The molecule has 27 heavy (non-hydrogen) atoms. The number of nitrogens with two attached hydrogens (primary N) is 1. The van der Waals surface area contributed by atoms with Crippen molar-refractivity contribution in [3.63, 3.8) is 0 Å². The molecule has 0 saturated carbocycles. The van der Waals surface area contributed by atoms with Gasteiger partial charge >= 0.3 is 0 Å². The Morgan fingerprint density at radius 1 is 1.15 bits per heavy atom. The van der Waals surface area contributed by atoms with Crippen LogP contribution in [-0.4, -0.2) is 21.6 Å². The lowest BCUT2D eigenvalue weighted by atomic mass is 10.3. The normalized spacial score (nSPS) is 10.0. The molecule has 0 fully saturated rings. The number of nitrogens with one attached hydrogen (secondary N) is 1. The summed E-state index contributed by atoms with van der Waals surface area (Å²) in [6, 6.07) is 18.4. The Balaban J connectivity index is 1.52. The van der Waals surface area contributed by atoms with E-state index in [1.165, 1.54) is 6.20 Å². The van der Waals surface area contributed by atoms with Crippen LogP contribution in [0.25, 0.3) is 0 Å². The molecule has 1 amide bonds. The van der Waals surface area contributed by atoms with E-state index in [0.29, 0.717) is 16.6 Å². The van der Waals surface area contributed by atoms with Crippen LogP contribution in [0.3, 0.4) is 0 Å². The molecule has 8 heteroatoms. The molecular weight excluding hydrogens is 362 g/mol. The summed E-state index contributed by atoms with van der Waals surface area (Å²) in [6.07, 6.45) is 1.34. The number of carbonyl (C=O) groups is 1. The molecule has 3 aromatic rings. The average molecular weight is 377 g/mol. The molecule has 3 rings (SSSR count). The monoisotopic (exact) mass is 377 g/mol. The van der Waals surface area contributed by atoms with Gasteiger partial charge in [0.15, 0.2) is 5.16 Å². The molecule has 0 aliphatic rings. The lowest BCUT2D eigenvalue weighted by molar-refractivity contribution is -0.113. The first-order valence-corrected chi connectivity index (χ1v) is 8.91. The fraction of sp³-hybridized carbons (Fsp3) is 0.0526. The predicted molar refractivity (Wildman–Crippen MR) is 103 cm³/mol. The van der Waals surface area contributed by atoms with Gasteiger partial charge in [0, 0.05) is 5.69 Å². The second-order valence-electron chi connectivity index (χ2n) is 5.34. The zero-order valence-electron chi connectivity index (χ0n) is 14.1. The number of hydrogen-bond acceptors (Lipinski definition) is 7. The third-order valence-corrected chi connectivity index (χ3v) is 4.23. The smallest absolute Gasteiger partial charge is 0.234 e. The number of rotatable bonds is 6. The van der Waals surface area contributed by atoms with Crippen LogP contribution >= 0.6 is 11.8 Å². The summed E-state index contributed by atoms with van der Waals surface area (Å²) < 4.78 is 5.71. The number of amides is 1. The molecular formula is C19H15N5O2S. The van der Waals surface area contributed by atoms with E-state index in [-0.39, 0.29) is 23.0 Å². The van der Waals surface area contributed by atoms with Gasteiger partial charge in [0.25, 0.3) is 0 Å². The highest BCUT2D eigenvalue weighted by molar-refractivity contribution is 7.99. The summed E-state index contributed by atoms with van der Waals surface area (Å²) in [7, 11) is 0. The molecule has 7 nitrogen and oxygen atoms in total. The molecule has 0 spiro atoms. The maximum Gasteiger partial charge on any atom is 0.234 e. The molecule has 1 aromatic heterocycles. The standard InChI is InChI=1S/C19H15N5O2S/c20-10-13-11-22-19(24-18(13)21)27-12-17(25)23-14-6-8-16(9-7-14)26-15-4-2-1-3-5-15/h1-9,11H,12H2,(H,23,25)(H2,21,22,24). The second-order valence-corrected chi connectivity index (χ2v) is 6.28. The van der Waals surface area contributed by atoms with Crippen molar-refractivity contribution in [1.82, 2.24) is 9.97 Å². The van der Waals surface area contributed by atoms with Crippen LogP contribution in [0.1, 0.15) is 5.56 Å². The molecule has 1 heterocycles. The van der Waals surface area contributed by atoms with Crippen molar-refractivity contribution < 1.29 is 9.53 Å². The molecule has 0 radical (unpaired) electrons. The van der Waals surface area contributed by atoms with Gasteiger partial charge in [0.1, 0.15) is 28.9 Å². The zero-order valence-corrected chi connectivity index (χ0v) is 14.9. The van der Waals surface area contributed by atoms with Gasteiger partial charge in [-0.15, -0.1) is 0 Å². The number of nitrogen functional groups attached to an aromatic ring is 1. The van der Waals surface area contributed by atoms with Gasteiger partial charge in [-0.1, -0.05) is 30.0 Å². The third-order valence-electron chi connectivity index (χ3n) is 3.37. The minimum atomic E-state index is -0.205. The first-order valence-electron chi connectivity index (χ1n) is 7.92. The highest BCUT2D eigenvalue weighted by Gasteiger charge is 2.08. The van der Waals surface area contributed by atoms with Gasteiger partial charge in [0.2, 0.25) is 5.91 Å². The van der Waals surface area contributed by atoms with E-state index in [9.17, 15) is 4.79 Å². The molecule has 0 aliphatic heterocycles. The van der Waals surface area contributed by atoms with Crippen molar-refractivity contribution in [2.24, 2.45) is 0 Å². The first-order chi connectivity index (χ1) is 13.1. The van der Waals surface area contributed by atoms with Crippen LogP contribution in [0.15, 0.2) is 66.0 Å². The number of ether oxygens (including phenoxy) is 1. The fourth-order valence-corrected chi connectivity index (χ4v) is 2.71. The highest BCUT2D eigenvalue weighted by Crippen LogP contribution is 2.23. The number of nitriles is 1. The molecule has 2 aromatic carbocycles. The van der Waals surface area contributed by atoms with Crippen molar-refractivity contribution in [1.29, 1.82) is 5.26 Å². The van der Waals surface area contributed by atoms with Crippen LogP contribution < -0.4 is 15.8 Å². The van der Waals surface area contributed by atoms with Crippen molar-refractivity contribution in [3.8, 4) is 17.6 Å². The minimum absolute atomic E-state index is 0.101. The topological polar surface area (TPSA) is 114 Å². The lowest BCUT2D eigenvalue weighted by Gasteiger charge is -2.08. The van der Waals surface area contributed by atoms with Crippen LogP contribution in [0.2, 0.25) is 0 Å². The fourth-order valence-electron chi connectivity index (χ4n) is 2.09. The Morgan fingerprint density at radius 2 is 1.85 bits per heavy atom. The van der Waals surface area contributed by atoms with Gasteiger partial charge in [-0.25, -0.2) is 9.97 Å². The molecule has 0 bridgehead atoms. The number of benzene rings is 2. The van der Waals surface area contributed by atoms with Gasteiger partial charge in [-0.05, 0) is 36.4 Å². The second kappa shape index (κ2) is 8.69. The van der Waals surface area contributed by atoms with E-state index in [1.54, 1.807) is 24.3 Å². The molecule has 0 unspecified atom stereocenters. The van der Waals surface area contributed by atoms with Gasteiger partial charge in [-0.2, -0.15) is 5.26 Å². The van der Waals surface area contributed by atoms with Crippen molar-refractivity contribution in [3.05, 3.63) is 66.4 Å². The summed E-state index contributed by atoms with van der Waals surface area (Å²) in [4.78, 5) is 20.0. The summed E-state index contributed by atoms with van der Waals surface area (Å²) in [6.45, 7) is 0. The van der Waals surface area contributed by atoms with E-state index >= 15 is 0 Å². The highest BCUT2D eigenvalue weighted by atomic mass is 32.2. The van der Waals surface area contributed by atoms with Crippen LogP contribution in [0.4, 0.5) is 11.5 Å². The maximum absolute atomic E-state index is 12.1. The zero-order chi connectivity index (χ0) is 19.1. The van der Waals surface area contributed by atoms with E-state index in [4.69, 9.17) is 15.7 Å². The largest absolute Gasteiger partial charge is 0.457 e. The molecule has 0 atom stereocenters. The summed E-state index contributed by atoms with van der Waals surface area (Å²) >= 11 is 1.14. The SMILES string of the molecule is N#Cc1cnc(SCC(=O)Nc2ccc(Oc3ccccc3)cc2)nc1N. The van der Waals surface area contributed by atoms with E-state index in [2.05, 4.69) is 15.3 Å². The average Bonchev–Trinajstić information content (AvgIpc) is 2.69. The molecule has 3 N–H and O–H groups in total.